The molecule has 0 fully saturated rings. The quantitative estimate of drug-likeness (QED) is 0.629. The summed E-state index contributed by atoms with van der Waals surface area (Å²) in [6, 6.07) is 16.6. The van der Waals surface area contributed by atoms with Gasteiger partial charge in [0.1, 0.15) is 0 Å². The lowest BCUT2D eigenvalue weighted by Gasteiger charge is -2.27. The molecule has 0 spiro atoms. The van der Waals surface area contributed by atoms with Gasteiger partial charge in [0, 0.05) is 5.56 Å². The number of aromatic amines is 1. The molecule has 2 unspecified atom stereocenters. The van der Waals surface area contributed by atoms with Crippen LogP contribution >= 0.6 is 11.8 Å². The molecule has 0 bridgehead atoms. The van der Waals surface area contributed by atoms with E-state index < -0.39 is 0 Å². The van der Waals surface area contributed by atoms with Gasteiger partial charge in [0.05, 0.1) is 11.3 Å². The van der Waals surface area contributed by atoms with Gasteiger partial charge in [0.15, 0.2) is 5.82 Å². The van der Waals surface area contributed by atoms with Crippen molar-refractivity contribution in [3.8, 4) is 11.4 Å². The van der Waals surface area contributed by atoms with Crippen LogP contribution in [0.25, 0.3) is 11.4 Å². The number of fused-ring (bicyclic) bond motifs is 1. The molecule has 1 amide bonds. The van der Waals surface area contributed by atoms with E-state index in [4.69, 9.17) is 0 Å². The fourth-order valence-corrected chi connectivity index (χ4v) is 4.28. The summed E-state index contributed by atoms with van der Waals surface area (Å²) in [5.41, 5.74) is 4.78. The number of hydrogen-bond donors (Lipinski definition) is 2. The lowest BCUT2D eigenvalue weighted by atomic mass is 9.88. The van der Waals surface area contributed by atoms with Crippen LogP contribution < -0.4 is 5.32 Å². The molecule has 1 heterocycles. The zero-order valence-corrected chi connectivity index (χ0v) is 16.9. The van der Waals surface area contributed by atoms with Gasteiger partial charge in [0.25, 0.3) is 0 Å². The predicted octanol–water partition coefficient (Wildman–Crippen LogP) is 4.45. The van der Waals surface area contributed by atoms with E-state index in [0.29, 0.717) is 5.16 Å². The van der Waals surface area contributed by atoms with Crippen LogP contribution in [0.4, 0.5) is 0 Å². The lowest BCUT2D eigenvalue weighted by molar-refractivity contribution is -0.121. The first kappa shape index (κ1) is 18.7. The molecule has 0 aliphatic heterocycles. The summed E-state index contributed by atoms with van der Waals surface area (Å²) in [6.45, 7) is 3.95. The van der Waals surface area contributed by atoms with Crippen molar-refractivity contribution in [2.24, 2.45) is 0 Å². The Morgan fingerprint density at radius 3 is 2.82 bits per heavy atom. The summed E-state index contributed by atoms with van der Waals surface area (Å²) in [4.78, 5) is 17.3. The maximum Gasteiger partial charge on any atom is 0.233 e. The molecule has 4 rings (SSSR count). The highest BCUT2D eigenvalue weighted by Crippen LogP contribution is 2.30. The van der Waals surface area contributed by atoms with Crippen molar-refractivity contribution in [3.05, 3.63) is 65.2 Å². The second-order valence-electron chi connectivity index (χ2n) is 7.24. The van der Waals surface area contributed by atoms with Crippen molar-refractivity contribution in [1.29, 1.82) is 0 Å². The monoisotopic (exact) mass is 392 g/mol. The van der Waals surface area contributed by atoms with E-state index in [-0.39, 0.29) is 17.2 Å². The first-order valence-electron chi connectivity index (χ1n) is 9.64. The third kappa shape index (κ3) is 4.12. The normalized spacial score (nSPS) is 17.0. The first-order chi connectivity index (χ1) is 13.6. The Labute approximate surface area is 169 Å². The predicted molar refractivity (Wildman–Crippen MR) is 112 cm³/mol. The fourth-order valence-electron chi connectivity index (χ4n) is 3.54. The van der Waals surface area contributed by atoms with Crippen LogP contribution in [0.5, 0.6) is 0 Å². The molecule has 1 aliphatic rings. The van der Waals surface area contributed by atoms with Crippen LogP contribution in [0.1, 0.15) is 42.5 Å². The molecule has 0 saturated heterocycles. The number of aryl methyl sites for hydroxylation is 2. The number of nitrogens with zero attached hydrogens (tertiary/aromatic N) is 2. The van der Waals surface area contributed by atoms with E-state index in [1.54, 1.807) is 0 Å². The molecule has 28 heavy (non-hydrogen) atoms. The van der Waals surface area contributed by atoms with Gasteiger partial charge < -0.3 is 5.32 Å². The van der Waals surface area contributed by atoms with Crippen molar-refractivity contribution in [2.75, 3.05) is 0 Å². The Balaban J connectivity index is 1.40. The molecule has 0 saturated carbocycles. The van der Waals surface area contributed by atoms with Gasteiger partial charge in [-0.15, -0.1) is 5.10 Å². The van der Waals surface area contributed by atoms with Crippen molar-refractivity contribution in [3.63, 3.8) is 0 Å². The third-order valence-corrected chi connectivity index (χ3v) is 6.09. The molecule has 0 radical (unpaired) electrons. The molecular formula is C22H24N4OS. The molecule has 5 nitrogen and oxygen atoms in total. The number of nitrogens with one attached hydrogen (secondary N) is 2. The highest BCUT2D eigenvalue weighted by atomic mass is 32.2. The summed E-state index contributed by atoms with van der Waals surface area (Å²) in [6.07, 6.45) is 3.18. The molecule has 2 atom stereocenters. The summed E-state index contributed by atoms with van der Waals surface area (Å²) >= 11 is 1.37. The van der Waals surface area contributed by atoms with Crippen LogP contribution in [0.2, 0.25) is 0 Å². The zero-order valence-electron chi connectivity index (χ0n) is 16.1. The second kappa shape index (κ2) is 8.19. The molecular weight excluding hydrogens is 368 g/mol. The summed E-state index contributed by atoms with van der Waals surface area (Å²) in [5, 5.41) is 10.8. The number of benzene rings is 2. The average molecular weight is 393 g/mol. The van der Waals surface area contributed by atoms with Crippen LogP contribution in [0, 0.1) is 6.92 Å². The smallest absolute Gasteiger partial charge is 0.233 e. The van der Waals surface area contributed by atoms with E-state index in [1.165, 1.54) is 28.5 Å². The third-order valence-electron chi connectivity index (χ3n) is 5.13. The number of aromatic nitrogens is 3. The Morgan fingerprint density at radius 2 is 2.00 bits per heavy atom. The molecule has 2 N–H and O–H groups in total. The van der Waals surface area contributed by atoms with Gasteiger partial charge in [-0.25, -0.2) is 4.98 Å². The maximum absolute atomic E-state index is 12.7. The topological polar surface area (TPSA) is 70.7 Å². The molecule has 3 aromatic rings. The zero-order chi connectivity index (χ0) is 19.5. The van der Waals surface area contributed by atoms with Gasteiger partial charge in [0.2, 0.25) is 11.1 Å². The first-order valence-corrected chi connectivity index (χ1v) is 10.5. The van der Waals surface area contributed by atoms with Crippen molar-refractivity contribution >= 4 is 17.7 Å². The van der Waals surface area contributed by atoms with Crippen LogP contribution in [0.15, 0.2) is 53.7 Å². The van der Waals surface area contributed by atoms with Gasteiger partial charge in [-0.05, 0) is 44.2 Å². The second-order valence-corrected chi connectivity index (χ2v) is 8.55. The van der Waals surface area contributed by atoms with Crippen LogP contribution in [-0.2, 0) is 11.2 Å². The van der Waals surface area contributed by atoms with Crippen molar-refractivity contribution < 1.29 is 4.79 Å². The summed E-state index contributed by atoms with van der Waals surface area (Å²) in [7, 11) is 0. The lowest BCUT2D eigenvalue weighted by Crippen LogP contribution is -2.35. The Morgan fingerprint density at radius 1 is 1.21 bits per heavy atom. The number of H-pyrrole nitrogens is 1. The number of carbonyl (C=O) groups is 1. The fraction of sp³-hybridized carbons (Fsp3) is 0.318. The van der Waals surface area contributed by atoms with Crippen molar-refractivity contribution in [1.82, 2.24) is 20.5 Å². The van der Waals surface area contributed by atoms with Gasteiger partial charge >= 0.3 is 0 Å². The van der Waals surface area contributed by atoms with Crippen LogP contribution in [-0.4, -0.2) is 26.3 Å². The van der Waals surface area contributed by atoms with E-state index in [1.807, 2.05) is 37.3 Å². The highest BCUT2D eigenvalue weighted by Gasteiger charge is 2.24. The minimum absolute atomic E-state index is 0.0217. The van der Waals surface area contributed by atoms with E-state index >= 15 is 0 Å². The maximum atomic E-state index is 12.7. The van der Waals surface area contributed by atoms with Gasteiger partial charge in [-0.1, -0.05) is 65.9 Å². The standard InChI is InChI=1S/C22H24N4OS/c1-14-10-12-17(13-11-14)20-24-22(26-25-20)28-15(2)21(27)23-19-9-5-7-16-6-3-4-8-18(16)19/h3-4,6,8,10-13,15,19H,5,7,9H2,1-2H3,(H,23,27)(H,24,25,26). The Kier molecular flexibility index (Phi) is 5.48. The van der Waals surface area contributed by atoms with Gasteiger partial charge in [-0.3, -0.25) is 9.89 Å². The molecule has 144 valence electrons. The van der Waals surface area contributed by atoms with E-state index in [0.717, 1.165) is 30.7 Å². The molecule has 1 aromatic heterocycles. The highest BCUT2D eigenvalue weighted by molar-refractivity contribution is 8.00. The molecule has 1 aliphatic carbocycles. The Bertz CT molecular complexity index is 967. The SMILES string of the molecule is Cc1ccc(-c2nc(SC(C)C(=O)NC3CCCc4ccccc43)n[nH]2)cc1. The van der Waals surface area contributed by atoms with Crippen molar-refractivity contribution in [2.45, 2.75) is 49.6 Å². The van der Waals surface area contributed by atoms with Gasteiger partial charge in [-0.2, -0.15) is 0 Å². The van der Waals surface area contributed by atoms with E-state index in [2.05, 4.69) is 45.6 Å². The Hall–Kier alpha value is -2.60. The molecule has 2 aromatic carbocycles. The largest absolute Gasteiger partial charge is 0.348 e. The number of carbonyl (C=O) groups excluding carboxylic acids is 1. The number of rotatable bonds is 5. The van der Waals surface area contributed by atoms with E-state index in [9.17, 15) is 4.79 Å². The molecule has 6 heteroatoms. The number of hydrogen-bond acceptors (Lipinski definition) is 4. The number of amides is 1. The number of thioether (sulfide) groups is 1. The average Bonchev–Trinajstić information content (AvgIpc) is 3.17. The summed E-state index contributed by atoms with van der Waals surface area (Å²) < 4.78 is 0. The van der Waals surface area contributed by atoms with Crippen LogP contribution in [0.3, 0.4) is 0 Å². The summed E-state index contributed by atoms with van der Waals surface area (Å²) in [5.74, 6) is 0.740. The minimum atomic E-state index is -0.268. The minimum Gasteiger partial charge on any atom is -0.348 e.